The van der Waals surface area contributed by atoms with Crippen molar-refractivity contribution in [3.05, 3.63) is 112 Å². The normalized spacial score (nSPS) is 13.2. The molecule has 0 aliphatic heterocycles. The second-order valence-electron chi connectivity index (χ2n) is 10.9. The van der Waals surface area contributed by atoms with Gasteiger partial charge in [0.25, 0.3) is 0 Å². The molecule has 0 atom stereocenters. The summed E-state index contributed by atoms with van der Waals surface area (Å²) in [4.78, 5) is 0. The molecule has 1 heterocycles. The maximum atomic E-state index is 2.54. The van der Waals surface area contributed by atoms with Gasteiger partial charge in [-0.1, -0.05) is 107 Å². The third-order valence-corrected chi connectivity index (χ3v) is 10.5. The molecule has 0 unspecified atom stereocenters. The van der Waals surface area contributed by atoms with Crippen molar-refractivity contribution in [2.24, 2.45) is 0 Å². The van der Waals surface area contributed by atoms with Crippen molar-refractivity contribution in [1.29, 1.82) is 0 Å². The van der Waals surface area contributed by atoms with Crippen molar-refractivity contribution in [2.75, 3.05) is 0 Å². The lowest BCUT2D eigenvalue weighted by Crippen LogP contribution is -2.21. The first-order valence-electron chi connectivity index (χ1n) is 11.7. The Morgan fingerprint density at radius 1 is 0.545 bits per heavy atom. The fourth-order valence-electron chi connectivity index (χ4n) is 4.23. The molecule has 170 valence electrons. The Kier molecular flexibility index (Phi) is 6.43. The summed E-state index contributed by atoms with van der Waals surface area (Å²) in [7, 11) is 2.60. The van der Waals surface area contributed by atoms with Crippen LogP contribution >= 0.6 is 16.5 Å². The van der Waals surface area contributed by atoms with E-state index in [1.165, 1.54) is 49.4 Å². The lowest BCUT2D eigenvalue weighted by atomic mass is 9.85. The molecule has 0 saturated heterocycles. The van der Waals surface area contributed by atoms with Crippen molar-refractivity contribution >= 4 is 16.5 Å². The summed E-state index contributed by atoms with van der Waals surface area (Å²) in [5.41, 5.74) is 6.89. The number of aromatic nitrogens is 1. The quantitative estimate of drug-likeness (QED) is 0.273. The Hall–Kier alpha value is -2.20. The topological polar surface area (TPSA) is 4.93 Å². The smallest absolute Gasteiger partial charge is 0.0646 e. The molecule has 4 aromatic rings. The molecule has 0 N–H and O–H groups in total. The average Bonchev–Trinajstić information content (AvgIpc) is 3.27. The second kappa shape index (κ2) is 8.87. The Labute approximate surface area is 203 Å². The van der Waals surface area contributed by atoms with Crippen molar-refractivity contribution in [1.82, 2.24) is 4.33 Å². The highest BCUT2D eigenvalue weighted by atomic mass is 31.1. The Bertz CT molecular complexity index is 1210. The number of nitrogens with zero attached hydrogens (tertiary/aromatic N) is 1. The number of hydrogen-bond acceptors (Lipinski definition) is 0. The van der Waals surface area contributed by atoms with Gasteiger partial charge in [-0.2, -0.15) is 0 Å². The SMILES string of the molecule is CC(C)(C)c1ccc(-n2pc(C(C)(C)c3ccccc3)pc2C(C)(C)c2ccccc2)cc1. The predicted molar refractivity (Wildman–Crippen MR) is 147 cm³/mol. The Morgan fingerprint density at radius 2 is 1.03 bits per heavy atom. The van der Waals surface area contributed by atoms with Crippen LogP contribution in [0.4, 0.5) is 0 Å². The van der Waals surface area contributed by atoms with E-state index in [0.29, 0.717) is 0 Å². The minimum atomic E-state index is -0.0764. The van der Waals surface area contributed by atoms with E-state index < -0.39 is 0 Å². The zero-order chi connectivity index (χ0) is 23.9. The van der Waals surface area contributed by atoms with E-state index >= 15 is 0 Å². The number of benzene rings is 3. The van der Waals surface area contributed by atoms with Crippen LogP contribution in [-0.4, -0.2) is 4.33 Å². The Balaban J connectivity index is 1.89. The zero-order valence-electron chi connectivity index (χ0n) is 20.9. The first kappa shape index (κ1) is 23.9. The Morgan fingerprint density at radius 3 is 1.52 bits per heavy atom. The summed E-state index contributed by atoms with van der Waals surface area (Å²) >= 11 is 0. The molecule has 33 heavy (non-hydrogen) atoms. The predicted octanol–water partition coefficient (Wildman–Crippen LogP) is 9.59. The van der Waals surface area contributed by atoms with Crippen LogP contribution in [0.25, 0.3) is 5.69 Å². The van der Waals surface area contributed by atoms with E-state index in [2.05, 4.69) is 138 Å². The molecular weight excluding hydrogens is 436 g/mol. The molecule has 0 aliphatic carbocycles. The average molecular weight is 472 g/mol. The van der Waals surface area contributed by atoms with Gasteiger partial charge in [0.2, 0.25) is 0 Å². The lowest BCUT2D eigenvalue weighted by molar-refractivity contribution is 0.590. The van der Waals surface area contributed by atoms with Crippen molar-refractivity contribution in [3.63, 3.8) is 0 Å². The second-order valence-corrected chi connectivity index (χ2v) is 13.4. The van der Waals surface area contributed by atoms with Crippen LogP contribution in [0.1, 0.15) is 75.6 Å². The number of hydrogen-bond donors (Lipinski definition) is 0. The summed E-state index contributed by atoms with van der Waals surface area (Å²) in [5.74, 6) is 0. The molecule has 1 aromatic heterocycles. The van der Waals surface area contributed by atoms with Gasteiger partial charge in [-0.25, -0.2) is 0 Å². The van der Waals surface area contributed by atoms with Gasteiger partial charge >= 0.3 is 0 Å². The fourth-order valence-corrected chi connectivity index (χ4v) is 7.62. The van der Waals surface area contributed by atoms with Gasteiger partial charge in [-0.3, -0.25) is 4.33 Å². The van der Waals surface area contributed by atoms with Crippen LogP contribution in [0, 0.1) is 0 Å². The standard InChI is InChI=1S/C30H35NP2/c1-28(2,3)22-18-20-25(21-19-22)31-26(29(4,5)23-14-10-8-11-15-23)32-27(33-31)30(6,7)24-16-12-9-13-17-24/h8-21H,1-7H3. The molecule has 0 bridgehead atoms. The summed E-state index contributed by atoms with van der Waals surface area (Å²) < 4.78 is 2.54. The summed E-state index contributed by atoms with van der Waals surface area (Å²) in [6.07, 6.45) is 0. The van der Waals surface area contributed by atoms with Gasteiger partial charge in [0.05, 0.1) is 5.43 Å². The van der Waals surface area contributed by atoms with Crippen molar-refractivity contribution < 1.29 is 0 Å². The molecule has 0 amide bonds. The van der Waals surface area contributed by atoms with Crippen molar-refractivity contribution in [3.8, 4) is 5.69 Å². The summed E-state index contributed by atoms with van der Waals surface area (Å²) in [6, 6.07) is 31.1. The molecule has 1 nitrogen and oxygen atoms in total. The molecule has 3 heteroatoms. The van der Waals surface area contributed by atoms with Crippen LogP contribution in [0.5, 0.6) is 0 Å². The molecular formula is C30H35NP2. The van der Waals surface area contributed by atoms with Crippen LogP contribution in [0.15, 0.2) is 84.9 Å². The molecule has 0 fully saturated rings. The van der Waals surface area contributed by atoms with E-state index in [0.717, 1.165) is 0 Å². The maximum absolute atomic E-state index is 2.54. The first-order valence-corrected chi connectivity index (χ1v) is 13.5. The molecule has 0 spiro atoms. The van der Waals surface area contributed by atoms with E-state index in [4.69, 9.17) is 0 Å². The third-order valence-electron chi connectivity index (χ3n) is 6.69. The van der Waals surface area contributed by atoms with Gasteiger partial charge in [-0.05, 0) is 56.3 Å². The minimum absolute atomic E-state index is 0.0114. The summed E-state index contributed by atoms with van der Waals surface area (Å²) in [5, 5.41) is 1.52. The van der Waals surface area contributed by atoms with Gasteiger partial charge in [0.1, 0.15) is 0 Å². The zero-order valence-corrected chi connectivity index (χ0v) is 22.7. The van der Waals surface area contributed by atoms with Gasteiger partial charge < -0.3 is 0 Å². The van der Waals surface area contributed by atoms with Crippen LogP contribution in [0.3, 0.4) is 0 Å². The van der Waals surface area contributed by atoms with Gasteiger partial charge in [0.15, 0.2) is 0 Å². The van der Waals surface area contributed by atoms with Gasteiger partial charge in [0, 0.05) is 29.9 Å². The number of rotatable bonds is 5. The highest BCUT2D eigenvalue weighted by Gasteiger charge is 2.33. The van der Waals surface area contributed by atoms with Crippen LogP contribution < -0.4 is 0 Å². The minimum Gasteiger partial charge on any atom is -0.291 e. The molecule has 3 aromatic carbocycles. The highest BCUT2D eigenvalue weighted by Crippen LogP contribution is 2.50. The highest BCUT2D eigenvalue weighted by molar-refractivity contribution is 7.47. The van der Waals surface area contributed by atoms with Crippen LogP contribution in [0.2, 0.25) is 0 Å². The lowest BCUT2D eigenvalue weighted by Gasteiger charge is -2.27. The van der Waals surface area contributed by atoms with Crippen molar-refractivity contribution in [2.45, 2.75) is 64.7 Å². The molecule has 4 rings (SSSR count). The largest absolute Gasteiger partial charge is 0.291 e. The summed E-state index contributed by atoms with van der Waals surface area (Å²) in [6.45, 7) is 16.3. The monoisotopic (exact) mass is 471 g/mol. The van der Waals surface area contributed by atoms with E-state index in [-0.39, 0.29) is 16.2 Å². The molecule has 0 saturated carbocycles. The van der Waals surface area contributed by atoms with Crippen LogP contribution in [-0.2, 0) is 16.2 Å². The fraction of sp³-hybridized carbons (Fsp3) is 0.333. The van der Waals surface area contributed by atoms with E-state index in [1.807, 2.05) is 0 Å². The maximum Gasteiger partial charge on any atom is 0.0646 e. The molecule has 0 radical (unpaired) electrons. The molecule has 0 aliphatic rings. The van der Waals surface area contributed by atoms with E-state index in [9.17, 15) is 0 Å². The van der Waals surface area contributed by atoms with Gasteiger partial charge in [-0.15, -0.1) is 0 Å². The first-order chi connectivity index (χ1) is 15.5. The van der Waals surface area contributed by atoms with E-state index in [1.54, 1.807) is 0 Å². The third kappa shape index (κ3) is 4.73.